The van der Waals surface area contributed by atoms with Gasteiger partial charge in [-0.1, -0.05) is 12.1 Å². The van der Waals surface area contributed by atoms with Crippen LogP contribution in [-0.2, 0) is 16.1 Å². The van der Waals surface area contributed by atoms with Crippen LogP contribution in [0.2, 0.25) is 0 Å². The molecular formula is C19H16N4O2S. The van der Waals surface area contributed by atoms with Crippen molar-refractivity contribution >= 4 is 33.1 Å². The van der Waals surface area contributed by atoms with Gasteiger partial charge in [0.25, 0.3) is 0 Å². The zero-order valence-electron chi connectivity index (χ0n) is 13.8. The summed E-state index contributed by atoms with van der Waals surface area (Å²) in [6, 6.07) is 17.2. The number of hydrogen-bond acceptors (Lipinski definition) is 5. The van der Waals surface area contributed by atoms with Crippen molar-refractivity contribution in [3.8, 4) is 5.69 Å². The van der Waals surface area contributed by atoms with E-state index in [1.165, 1.54) is 0 Å². The number of fused-ring (bicyclic) bond motifs is 1. The van der Waals surface area contributed by atoms with Crippen molar-refractivity contribution in [3.05, 3.63) is 72.0 Å². The van der Waals surface area contributed by atoms with Gasteiger partial charge in [-0.05, 0) is 42.5 Å². The molecule has 0 bridgehead atoms. The summed E-state index contributed by atoms with van der Waals surface area (Å²) < 4.78 is 8.36. The fourth-order valence-corrected chi connectivity index (χ4v) is 3.43. The molecular weight excluding hydrogens is 348 g/mol. The number of para-hydroxylation sites is 1. The maximum Gasteiger partial charge on any atom is 0.250 e. The molecule has 2 aromatic heterocycles. The first-order valence-corrected chi connectivity index (χ1v) is 8.92. The van der Waals surface area contributed by atoms with Crippen molar-refractivity contribution in [1.29, 1.82) is 0 Å². The number of benzene rings is 2. The minimum Gasteiger partial charge on any atom is -0.364 e. The largest absolute Gasteiger partial charge is 0.364 e. The smallest absolute Gasteiger partial charge is 0.250 e. The lowest BCUT2D eigenvalue weighted by molar-refractivity contribution is -0.121. The van der Waals surface area contributed by atoms with E-state index in [-0.39, 0.29) is 12.5 Å². The van der Waals surface area contributed by atoms with Crippen molar-refractivity contribution in [2.24, 2.45) is 0 Å². The molecule has 0 saturated carbocycles. The zero-order chi connectivity index (χ0) is 17.8. The Balaban J connectivity index is 1.28. The summed E-state index contributed by atoms with van der Waals surface area (Å²) in [4.78, 5) is 16.5. The van der Waals surface area contributed by atoms with E-state index in [2.05, 4.69) is 15.4 Å². The number of nitrogens with one attached hydrogen (secondary N) is 1. The first-order chi connectivity index (χ1) is 12.8. The molecule has 7 heteroatoms. The van der Waals surface area contributed by atoms with Crippen LogP contribution in [0.15, 0.2) is 67.0 Å². The summed E-state index contributed by atoms with van der Waals surface area (Å²) in [5.74, 6) is -0.196. The van der Waals surface area contributed by atoms with Crippen molar-refractivity contribution in [2.75, 3.05) is 11.9 Å². The summed E-state index contributed by atoms with van der Waals surface area (Å²) in [6.07, 6.45) is 3.59. The van der Waals surface area contributed by atoms with Gasteiger partial charge in [0.05, 0.1) is 22.5 Å². The van der Waals surface area contributed by atoms with Crippen molar-refractivity contribution < 1.29 is 9.53 Å². The maximum atomic E-state index is 12.0. The van der Waals surface area contributed by atoms with Crippen LogP contribution in [0.1, 0.15) is 5.01 Å². The van der Waals surface area contributed by atoms with E-state index >= 15 is 0 Å². The van der Waals surface area contributed by atoms with Gasteiger partial charge in [0.15, 0.2) is 0 Å². The van der Waals surface area contributed by atoms with Gasteiger partial charge in [0.2, 0.25) is 5.91 Å². The van der Waals surface area contributed by atoms with Gasteiger partial charge in [-0.25, -0.2) is 9.67 Å². The highest BCUT2D eigenvalue weighted by Crippen LogP contribution is 2.22. The topological polar surface area (TPSA) is 69.0 Å². The highest BCUT2D eigenvalue weighted by molar-refractivity contribution is 7.18. The van der Waals surface area contributed by atoms with E-state index in [4.69, 9.17) is 4.74 Å². The molecule has 0 unspecified atom stereocenters. The predicted molar refractivity (Wildman–Crippen MR) is 101 cm³/mol. The number of ether oxygens (including phenoxy) is 1. The number of nitrogens with zero attached hydrogens (tertiary/aromatic N) is 3. The molecule has 130 valence electrons. The molecule has 1 N–H and O–H groups in total. The summed E-state index contributed by atoms with van der Waals surface area (Å²) in [5.41, 5.74) is 2.60. The molecule has 26 heavy (non-hydrogen) atoms. The fraction of sp³-hybridized carbons (Fsp3) is 0.105. The highest BCUT2D eigenvalue weighted by Gasteiger charge is 2.06. The third kappa shape index (κ3) is 3.79. The van der Waals surface area contributed by atoms with Crippen LogP contribution in [0, 0.1) is 0 Å². The lowest BCUT2D eigenvalue weighted by Gasteiger charge is -2.07. The van der Waals surface area contributed by atoms with Crippen molar-refractivity contribution in [3.63, 3.8) is 0 Å². The number of thiazole rings is 1. The predicted octanol–water partition coefficient (Wildman–Crippen LogP) is 3.64. The molecule has 0 aliphatic heterocycles. The summed E-state index contributed by atoms with van der Waals surface area (Å²) in [5, 5.41) is 7.85. The molecule has 0 aliphatic carbocycles. The molecule has 4 rings (SSSR count). The number of carbonyl (C=O) groups is 1. The zero-order valence-corrected chi connectivity index (χ0v) is 14.6. The Morgan fingerprint density at radius 2 is 1.96 bits per heavy atom. The standard InChI is InChI=1S/C19H16N4O2S/c24-18(12-25-13-19-22-16-4-1-2-5-17(16)26-19)21-14-6-8-15(9-7-14)23-11-3-10-20-23/h1-11H,12-13H2,(H,21,24). The van der Waals surface area contributed by atoms with Crippen LogP contribution >= 0.6 is 11.3 Å². The number of amides is 1. The van der Waals surface area contributed by atoms with E-state index < -0.39 is 0 Å². The van der Waals surface area contributed by atoms with Crippen LogP contribution in [0.5, 0.6) is 0 Å². The molecule has 2 heterocycles. The molecule has 4 aromatic rings. The van der Waals surface area contributed by atoms with Gasteiger partial charge in [-0.3, -0.25) is 4.79 Å². The molecule has 1 amide bonds. The minimum absolute atomic E-state index is 0.0170. The number of anilines is 1. The van der Waals surface area contributed by atoms with Crippen molar-refractivity contribution in [1.82, 2.24) is 14.8 Å². The quantitative estimate of drug-likeness (QED) is 0.567. The molecule has 0 aliphatic rings. The van der Waals surface area contributed by atoms with Crippen LogP contribution in [0.3, 0.4) is 0 Å². The Morgan fingerprint density at radius 1 is 1.12 bits per heavy atom. The first kappa shape index (κ1) is 16.4. The van der Waals surface area contributed by atoms with Crippen molar-refractivity contribution in [2.45, 2.75) is 6.61 Å². The van der Waals surface area contributed by atoms with Crippen LogP contribution in [-0.4, -0.2) is 27.3 Å². The molecule has 0 fully saturated rings. The van der Waals surface area contributed by atoms with Gasteiger partial charge in [0, 0.05) is 18.1 Å². The summed E-state index contributed by atoms with van der Waals surface area (Å²) >= 11 is 1.58. The second-order valence-electron chi connectivity index (χ2n) is 5.61. The van der Waals surface area contributed by atoms with Crippen LogP contribution < -0.4 is 5.32 Å². The molecule has 2 aromatic carbocycles. The Kier molecular flexibility index (Phi) is 4.72. The third-order valence-corrected chi connectivity index (χ3v) is 4.73. The Morgan fingerprint density at radius 3 is 2.73 bits per heavy atom. The number of hydrogen-bond donors (Lipinski definition) is 1. The summed E-state index contributed by atoms with van der Waals surface area (Å²) in [6.45, 7) is 0.307. The van der Waals surface area contributed by atoms with E-state index in [1.807, 2.05) is 60.8 Å². The molecule has 0 radical (unpaired) electrons. The van der Waals surface area contributed by atoms with E-state index in [1.54, 1.807) is 22.2 Å². The third-order valence-electron chi connectivity index (χ3n) is 3.72. The number of aromatic nitrogens is 3. The molecule has 0 spiro atoms. The Bertz CT molecular complexity index is 977. The van der Waals surface area contributed by atoms with E-state index in [9.17, 15) is 4.79 Å². The number of carbonyl (C=O) groups excluding carboxylic acids is 1. The first-order valence-electron chi connectivity index (χ1n) is 8.10. The van der Waals surface area contributed by atoms with Crippen LogP contribution in [0.25, 0.3) is 15.9 Å². The van der Waals surface area contributed by atoms with Gasteiger partial charge >= 0.3 is 0 Å². The lowest BCUT2D eigenvalue weighted by atomic mass is 10.3. The SMILES string of the molecule is O=C(COCc1nc2ccccc2s1)Nc1ccc(-n2cccn2)cc1. The van der Waals surface area contributed by atoms with E-state index in [0.29, 0.717) is 6.61 Å². The van der Waals surface area contributed by atoms with Gasteiger partial charge in [-0.2, -0.15) is 5.10 Å². The highest BCUT2D eigenvalue weighted by atomic mass is 32.1. The van der Waals surface area contributed by atoms with Crippen LogP contribution in [0.4, 0.5) is 5.69 Å². The van der Waals surface area contributed by atoms with Gasteiger partial charge in [-0.15, -0.1) is 11.3 Å². The monoisotopic (exact) mass is 364 g/mol. The normalized spacial score (nSPS) is 10.9. The maximum absolute atomic E-state index is 12.0. The second kappa shape index (κ2) is 7.47. The molecule has 0 saturated heterocycles. The van der Waals surface area contributed by atoms with Gasteiger partial charge < -0.3 is 10.1 Å². The second-order valence-corrected chi connectivity index (χ2v) is 6.73. The summed E-state index contributed by atoms with van der Waals surface area (Å²) in [7, 11) is 0. The van der Waals surface area contributed by atoms with E-state index in [0.717, 1.165) is 26.6 Å². The lowest BCUT2D eigenvalue weighted by Crippen LogP contribution is -2.18. The fourth-order valence-electron chi connectivity index (χ4n) is 2.53. The Hall–Kier alpha value is -3.03. The molecule has 6 nitrogen and oxygen atoms in total. The number of rotatable bonds is 6. The molecule has 0 atom stereocenters. The average Bonchev–Trinajstić information content (AvgIpc) is 3.32. The average molecular weight is 364 g/mol. The Labute approximate surface area is 154 Å². The van der Waals surface area contributed by atoms with Gasteiger partial charge in [0.1, 0.15) is 11.6 Å². The minimum atomic E-state index is -0.196.